The Bertz CT molecular complexity index is 981. The molecule has 6 nitrogen and oxygen atoms in total. The summed E-state index contributed by atoms with van der Waals surface area (Å²) in [4.78, 5) is 27.6. The van der Waals surface area contributed by atoms with Gasteiger partial charge in [-0.1, -0.05) is 30.3 Å². The first-order valence-electron chi connectivity index (χ1n) is 9.05. The van der Waals surface area contributed by atoms with Crippen molar-refractivity contribution in [2.24, 2.45) is 0 Å². The molecule has 3 rings (SSSR count). The Morgan fingerprint density at radius 2 is 1.64 bits per heavy atom. The molecule has 144 valence electrons. The highest BCUT2D eigenvalue weighted by Crippen LogP contribution is 2.24. The first kappa shape index (κ1) is 19.8. The van der Waals surface area contributed by atoms with Crippen LogP contribution in [0.2, 0.25) is 0 Å². The molecule has 0 bridgehead atoms. The van der Waals surface area contributed by atoms with Crippen molar-refractivity contribution in [2.75, 3.05) is 18.4 Å². The summed E-state index contributed by atoms with van der Waals surface area (Å²) in [5.74, 6) is -0.141. The Morgan fingerprint density at radius 3 is 2.29 bits per heavy atom. The van der Waals surface area contributed by atoms with Crippen LogP contribution in [0.25, 0.3) is 5.69 Å². The van der Waals surface area contributed by atoms with E-state index in [1.54, 1.807) is 27.8 Å². The Hall–Kier alpha value is -2.93. The van der Waals surface area contributed by atoms with Gasteiger partial charge in [-0.15, -0.1) is 0 Å². The number of nitrogens with one attached hydrogen (secondary N) is 1. The van der Waals surface area contributed by atoms with Crippen molar-refractivity contribution >= 4 is 33.6 Å². The number of amides is 2. The first-order chi connectivity index (χ1) is 13.6. The van der Waals surface area contributed by atoms with Gasteiger partial charge in [-0.3, -0.25) is 9.59 Å². The van der Waals surface area contributed by atoms with Crippen LogP contribution < -0.4 is 5.32 Å². The molecule has 0 fully saturated rings. The largest absolute Gasteiger partial charge is 0.339 e. The number of anilines is 1. The van der Waals surface area contributed by atoms with Gasteiger partial charge < -0.3 is 10.2 Å². The third-order valence-corrected chi connectivity index (χ3v) is 5.09. The lowest BCUT2D eigenvalue weighted by Crippen LogP contribution is -2.31. The summed E-state index contributed by atoms with van der Waals surface area (Å²) < 4.78 is 2.25. The van der Waals surface area contributed by atoms with Crippen molar-refractivity contribution in [3.63, 3.8) is 0 Å². The van der Waals surface area contributed by atoms with Gasteiger partial charge in [0, 0.05) is 17.6 Å². The summed E-state index contributed by atoms with van der Waals surface area (Å²) in [7, 11) is 0. The normalized spacial score (nSPS) is 10.5. The van der Waals surface area contributed by atoms with Gasteiger partial charge in [0.1, 0.15) is 11.4 Å². The van der Waals surface area contributed by atoms with Crippen LogP contribution in [0.4, 0.5) is 5.82 Å². The number of halogens is 1. The summed E-state index contributed by atoms with van der Waals surface area (Å²) in [6.45, 7) is 4.98. The summed E-state index contributed by atoms with van der Waals surface area (Å²) in [5.41, 5.74) is 1.58. The smallest absolute Gasteiger partial charge is 0.259 e. The monoisotopic (exact) mass is 440 g/mol. The number of benzene rings is 2. The maximum atomic E-state index is 13.0. The number of aromatic nitrogens is 2. The molecule has 28 heavy (non-hydrogen) atoms. The van der Waals surface area contributed by atoms with Crippen LogP contribution in [0, 0.1) is 0 Å². The molecule has 0 unspecified atom stereocenters. The van der Waals surface area contributed by atoms with E-state index >= 15 is 0 Å². The van der Waals surface area contributed by atoms with Crippen LogP contribution in [0.5, 0.6) is 0 Å². The molecule has 1 heterocycles. The Kier molecular flexibility index (Phi) is 6.26. The molecule has 0 saturated carbocycles. The summed E-state index contributed by atoms with van der Waals surface area (Å²) in [6, 6.07) is 16.5. The second-order valence-corrected chi connectivity index (χ2v) is 6.92. The van der Waals surface area contributed by atoms with Crippen molar-refractivity contribution in [3.8, 4) is 5.69 Å². The Balaban J connectivity index is 2.05. The number of carbonyl (C=O) groups excluding carboxylic acids is 2. The molecule has 1 N–H and O–H groups in total. The van der Waals surface area contributed by atoms with Crippen LogP contribution in [0.15, 0.2) is 65.3 Å². The zero-order valence-electron chi connectivity index (χ0n) is 15.7. The van der Waals surface area contributed by atoms with E-state index in [2.05, 4.69) is 26.3 Å². The molecule has 0 aliphatic carbocycles. The van der Waals surface area contributed by atoms with Gasteiger partial charge in [0.2, 0.25) is 0 Å². The lowest BCUT2D eigenvalue weighted by Gasteiger charge is -2.19. The second kappa shape index (κ2) is 8.84. The highest BCUT2D eigenvalue weighted by atomic mass is 79.9. The minimum Gasteiger partial charge on any atom is -0.339 e. The highest BCUT2D eigenvalue weighted by molar-refractivity contribution is 9.10. The molecule has 0 atom stereocenters. The predicted octanol–water partition coefficient (Wildman–Crippen LogP) is 4.37. The van der Waals surface area contributed by atoms with E-state index in [1.165, 1.54) is 6.20 Å². The quantitative estimate of drug-likeness (QED) is 0.618. The van der Waals surface area contributed by atoms with E-state index in [0.717, 1.165) is 5.69 Å². The molecule has 2 aromatic carbocycles. The highest BCUT2D eigenvalue weighted by Gasteiger charge is 2.24. The van der Waals surface area contributed by atoms with E-state index in [-0.39, 0.29) is 11.8 Å². The predicted molar refractivity (Wildman–Crippen MR) is 113 cm³/mol. The molecule has 0 aliphatic heterocycles. The molecule has 0 radical (unpaired) electrons. The zero-order valence-corrected chi connectivity index (χ0v) is 17.3. The van der Waals surface area contributed by atoms with E-state index in [1.807, 2.05) is 50.2 Å². The van der Waals surface area contributed by atoms with E-state index in [0.29, 0.717) is 34.5 Å². The number of para-hydroxylation sites is 1. The minimum atomic E-state index is -0.321. The molecule has 7 heteroatoms. The maximum Gasteiger partial charge on any atom is 0.259 e. The second-order valence-electron chi connectivity index (χ2n) is 6.07. The van der Waals surface area contributed by atoms with Gasteiger partial charge in [0.05, 0.1) is 17.4 Å². The number of nitrogens with zero attached hydrogens (tertiary/aromatic N) is 3. The van der Waals surface area contributed by atoms with Crippen LogP contribution in [0.1, 0.15) is 34.6 Å². The topological polar surface area (TPSA) is 67.2 Å². The third kappa shape index (κ3) is 3.99. The standard InChI is InChI=1S/C21H21BrN4O2/c1-3-25(4-2)21(28)17-14-23-26(15-10-6-5-7-11-15)19(17)24-20(27)16-12-8-9-13-18(16)22/h5-14H,3-4H2,1-2H3,(H,24,27). The van der Waals surface area contributed by atoms with Crippen molar-refractivity contribution in [3.05, 3.63) is 76.4 Å². The van der Waals surface area contributed by atoms with Gasteiger partial charge in [-0.25, -0.2) is 4.68 Å². The van der Waals surface area contributed by atoms with Crippen molar-refractivity contribution in [1.29, 1.82) is 0 Å². The summed E-state index contributed by atoms with van der Waals surface area (Å²) in [6.07, 6.45) is 1.50. The van der Waals surface area contributed by atoms with Crippen LogP contribution in [-0.2, 0) is 0 Å². The average molecular weight is 441 g/mol. The van der Waals surface area contributed by atoms with Crippen LogP contribution in [0.3, 0.4) is 0 Å². The summed E-state index contributed by atoms with van der Waals surface area (Å²) >= 11 is 3.40. The molecule has 0 aliphatic rings. The third-order valence-electron chi connectivity index (χ3n) is 4.40. The molecular formula is C21H21BrN4O2. The lowest BCUT2D eigenvalue weighted by atomic mass is 10.2. The van der Waals surface area contributed by atoms with E-state index < -0.39 is 0 Å². The fourth-order valence-electron chi connectivity index (χ4n) is 2.89. The molecular weight excluding hydrogens is 420 g/mol. The fourth-order valence-corrected chi connectivity index (χ4v) is 3.36. The number of hydrogen-bond donors (Lipinski definition) is 1. The van der Waals surface area contributed by atoms with Crippen molar-refractivity contribution in [1.82, 2.24) is 14.7 Å². The number of carbonyl (C=O) groups is 2. The van der Waals surface area contributed by atoms with Gasteiger partial charge in [-0.05, 0) is 54.0 Å². The van der Waals surface area contributed by atoms with Crippen LogP contribution in [-0.4, -0.2) is 39.6 Å². The van der Waals surface area contributed by atoms with E-state index in [9.17, 15) is 9.59 Å². The Morgan fingerprint density at radius 1 is 1.00 bits per heavy atom. The van der Waals surface area contributed by atoms with E-state index in [4.69, 9.17) is 0 Å². The molecule has 2 amide bonds. The number of hydrogen-bond acceptors (Lipinski definition) is 3. The van der Waals surface area contributed by atoms with Crippen LogP contribution >= 0.6 is 15.9 Å². The van der Waals surface area contributed by atoms with Gasteiger partial charge in [0.25, 0.3) is 11.8 Å². The van der Waals surface area contributed by atoms with Gasteiger partial charge >= 0.3 is 0 Å². The molecule has 0 saturated heterocycles. The average Bonchev–Trinajstić information content (AvgIpc) is 3.13. The van der Waals surface area contributed by atoms with Crippen molar-refractivity contribution in [2.45, 2.75) is 13.8 Å². The number of rotatable bonds is 6. The SMILES string of the molecule is CCN(CC)C(=O)c1cnn(-c2ccccc2)c1NC(=O)c1ccccc1Br. The fraction of sp³-hybridized carbons (Fsp3) is 0.190. The van der Waals surface area contributed by atoms with Gasteiger partial charge in [0.15, 0.2) is 0 Å². The Labute approximate surface area is 172 Å². The van der Waals surface area contributed by atoms with Gasteiger partial charge in [-0.2, -0.15) is 5.10 Å². The molecule has 1 aromatic heterocycles. The zero-order chi connectivity index (χ0) is 20.1. The summed E-state index contributed by atoms with van der Waals surface area (Å²) in [5, 5.41) is 7.25. The maximum absolute atomic E-state index is 13.0. The lowest BCUT2D eigenvalue weighted by molar-refractivity contribution is 0.0774. The molecule has 0 spiro atoms. The molecule has 3 aromatic rings. The minimum absolute atomic E-state index is 0.172. The van der Waals surface area contributed by atoms with Crippen molar-refractivity contribution < 1.29 is 9.59 Å². The first-order valence-corrected chi connectivity index (χ1v) is 9.84.